The molecular weight excluding hydrogens is 357 g/mol. The van der Waals surface area contributed by atoms with Crippen LogP contribution >= 0.6 is 11.8 Å². The van der Waals surface area contributed by atoms with Crippen LogP contribution in [0.3, 0.4) is 0 Å². The number of carbonyl (C=O) groups excluding carboxylic acids is 1. The van der Waals surface area contributed by atoms with Crippen molar-refractivity contribution < 1.29 is 19.0 Å². The first-order chi connectivity index (χ1) is 12.6. The maximum absolute atomic E-state index is 13.0. The number of benzene rings is 1. The summed E-state index contributed by atoms with van der Waals surface area (Å²) in [6, 6.07) is 6.22. The van der Waals surface area contributed by atoms with E-state index in [4.69, 9.17) is 4.74 Å². The Balaban J connectivity index is 1.56. The summed E-state index contributed by atoms with van der Waals surface area (Å²) in [5.74, 6) is -0.127. The van der Waals surface area contributed by atoms with Gasteiger partial charge in [-0.2, -0.15) is 0 Å². The number of hydrogen-bond donors (Lipinski definition) is 2. The van der Waals surface area contributed by atoms with Crippen molar-refractivity contribution in [1.82, 2.24) is 14.9 Å². The zero-order chi connectivity index (χ0) is 18.4. The lowest BCUT2D eigenvalue weighted by Gasteiger charge is -2.11. The number of rotatable bonds is 8. The molecule has 2 heterocycles. The van der Waals surface area contributed by atoms with E-state index in [0.717, 1.165) is 25.0 Å². The molecule has 1 aromatic carbocycles. The van der Waals surface area contributed by atoms with Gasteiger partial charge in [0.1, 0.15) is 5.82 Å². The fourth-order valence-electron chi connectivity index (χ4n) is 2.76. The number of imidazole rings is 1. The molecule has 1 aromatic heterocycles. The smallest absolute Gasteiger partial charge is 0.230 e. The van der Waals surface area contributed by atoms with Gasteiger partial charge in [-0.1, -0.05) is 23.9 Å². The number of nitrogens with one attached hydrogen (secondary N) is 1. The van der Waals surface area contributed by atoms with Gasteiger partial charge < -0.3 is 19.7 Å². The van der Waals surface area contributed by atoms with E-state index < -0.39 is 0 Å². The third kappa shape index (κ3) is 5.30. The van der Waals surface area contributed by atoms with Gasteiger partial charge in [0.2, 0.25) is 5.91 Å². The van der Waals surface area contributed by atoms with Crippen molar-refractivity contribution in [2.45, 2.75) is 37.3 Å². The highest BCUT2D eigenvalue weighted by Crippen LogP contribution is 2.20. The summed E-state index contributed by atoms with van der Waals surface area (Å²) in [4.78, 5) is 16.4. The van der Waals surface area contributed by atoms with Crippen LogP contribution in [0.2, 0.25) is 0 Å². The van der Waals surface area contributed by atoms with Crippen molar-refractivity contribution in [2.24, 2.45) is 0 Å². The number of carbonyl (C=O) groups is 1. The van der Waals surface area contributed by atoms with Crippen LogP contribution in [0.15, 0.2) is 35.6 Å². The molecule has 1 aliphatic heterocycles. The lowest BCUT2D eigenvalue weighted by atomic mass is 10.2. The average Bonchev–Trinajstić information content (AvgIpc) is 3.30. The molecule has 1 saturated heterocycles. The van der Waals surface area contributed by atoms with Gasteiger partial charge in [-0.3, -0.25) is 4.79 Å². The number of thioether (sulfide) groups is 1. The van der Waals surface area contributed by atoms with Crippen molar-refractivity contribution in [3.63, 3.8) is 0 Å². The van der Waals surface area contributed by atoms with E-state index in [-0.39, 0.29) is 30.2 Å². The van der Waals surface area contributed by atoms with E-state index >= 15 is 0 Å². The van der Waals surface area contributed by atoms with Gasteiger partial charge in [-0.05, 0) is 30.5 Å². The highest BCUT2D eigenvalue weighted by Gasteiger charge is 2.17. The van der Waals surface area contributed by atoms with E-state index in [2.05, 4.69) is 10.3 Å². The van der Waals surface area contributed by atoms with Crippen LogP contribution in [0.1, 0.15) is 24.1 Å². The number of amides is 1. The third-order valence-corrected chi connectivity index (χ3v) is 5.09. The molecule has 0 saturated carbocycles. The zero-order valence-corrected chi connectivity index (χ0v) is 15.2. The van der Waals surface area contributed by atoms with Crippen LogP contribution < -0.4 is 5.32 Å². The Morgan fingerprint density at radius 2 is 2.23 bits per heavy atom. The molecule has 8 heteroatoms. The van der Waals surface area contributed by atoms with Crippen LogP contribution in [0.4, 0.5) is 4.39 Å². The first kappa shape index (κ1) is 18.9. The molecule has 0 bridgehead atoms. The van der Waals surface area contributed by atoms with E-state index in [0.29, 0.717) is 23.9 Å². The zero-order valence-electron chi connectivity index (χ0n) is 14.4. The average molecular weight is 379 g/mol. The maximum atomic E-state index is 13.0. The van der Waals surface area contributed by atoms with Crippen molar-refractivity contribution >= 4 is 17.7 Å². The van der Waals surface area contributed by atoms with Crippen LogP contribution in [0.5, 0.6) is 0 Å². The first-order valence-electron chi connectivity index (χ1n) is 8.56. The monoisotopic (exact) mass is 379 g/mol. The number of ether oxygens (including phenoxy) is 1. The summed E-state index contributed by atoms with van der Waals surface area (Å²) in [6.07, 6.45) is 3.89. The Hall–Kier alpha value is -1.90. The van der Waals surface area contributed by atoms with Gasteiger partial charge in [-0.15, -0.1) is 0 Å². The number of hydrogen-bond acceptors (Lipinski definition) is 5. The number of nitrogens with zero attached hydrogens (tertiary/aromatic N) is 2. The molecule has 1 amide bonds. The number of aliphatic hydroxyl groups is 1. The molecule has 1 atom stereocenters. The summed E-state index contributed by atoms with van der Waals surface area (Å²) >= 11 is 1.31. The predicted octanol–water partition coefficient (Wildman–Crippen LogP) is 1.95. The molecular formula is C18H22FN3O3S. The van der Waals surface area contributed by atoms with E-state index in [1.165, 1.54) is 23.9 Å². The Bertz CT molecular complexity index is 730. The van der Waals surface area contributed by atoms with Crippen LogP contribution in [0, 0.1) is 5.82 Å². The van der Waals surface area contributed by atoms with Gasteiger partial charge in [0, 0.05) is 25.9 Å². The molecule has 0 radical (unpaired) electrons. The molecule has 6 nitrogen and oxygen atoms in total. The summed E-state index contributed by atoms with van der Waals surface area (Å²) in [6.45, 7) is 1.62. The van der Waals surface area contributed by atoms with E-state index in [9.17, 15) is 14.3 Å². The molecule has 0 unspecified atom stereocenters. The minimum atomic E-state index is -0.284. The molecule has 3 rings (SSSR count). The van der Waals surface area contributed by atoms with E-state index in [1.54, 1.807) is 18.3 Å². The second-order valence-electron chi connectivity index (χ2n) is 6.16. The Morgan fingerprint density at radius 3 is 2.92 bits per heavy atom. The summed E-state index contributed by atoms with van der Waals surface area (Å²) in [5, 5.41) is 12.9. The predicted molar refractivity (Wildman–Crippen MR) is 96.4 cm³/mol. The second kappa shape index (κ2) is 9.16. The second-order valence-corrected chi connectivity index (χ2v) is 7.10. The molecule has 1 fully saturated rings. The standard InChI is InChI=1S/C18H22FN3O3S/c19-14-5-3-13(4-6-14)9-22-10-15(11-23)21-18(22)26-12-17(24)20-8-16-2-1-7-25-16/h3-6,10,16,23H,1-2,7-9,11-12H2,(H,20,24)/t16-/m1/s1. The minimum absolute atomic E-state index is 0.0765. The van der Waals surface area contributed by atoms with Crippen LogP contribution in [-0.2, 0) is 22.7 Å². The first-order valence-corrected chi connectivity index (χ1v) is 9.55. The van der Waals surface area contributed by atoms with Crippen LogP contribution in [0.25, 0.3) is 0 Å². The maximum Gasteiger partial charge on any atom is 0.230 e. The molecule has 0 aliphatic carbocycles. The normalized spacial score (nSPS) is 16.8. The van der Waals surface area contributed by atoms with Crippen molar-refractivity contribution in [3.8, 4) is 0 Å². The molecule has 26 heavy (non-hydrogen) atoms. The van der Waals surface area contributed by atoms with E-state index in [1.807, 2.05) is 4.57 Å². The van der Waals surface area contributed by atoms with Crippen molar-refractivity contribution in [2.75, 3.05) is 18.9 Å². The Labute approximate surface area is 155 Å². The summed E-state index contributed by atoms with van der Waals surface area (Å²) < 4.78 is 20.4. The molecule has 1 aliphatic rings. The third-order valence-electron chi connectivity index (χ3n) is 4.10. The summed E-state index contributed by atoms with van der Waals surface area (Å²) in [7, 11) is 0. The van der Waals surface area contributed by atoms with Gasteiger partial charge in [0.25, 0.3) is 0 Å². The number of aliphatic hydroxyl groups excluding tert-OH is 1. The van der Waals surface area contributed by atoms with Gasteiger partial charge in [-0.25, -0.2) is 9.37 Å². The minimum Gasteiger partial charge on any atom is -0.390 e. The highest BCUT2D eigenvalue weighted by molar-refractivity contribution is 7.99. The topological polar surface area (TPSA) is 76.4 Å². The van der Waals surface area contributed by atoms with Gasteiger partial charge >= 0.3 is 0 Å². The Morgan fingerprint density at radius 1 is 1.42 bits per heavy atom. The molecule has 140 valence electrons. The number of halogens is 1. The lowest BCUT2D eigenvalue weighted by molar-refractivity contribution is -0.119. The van der Waals surface area contributed by atoms with Crippen molar-refractivity contribution in [3.05, 3.63) is 47.5 Å². The lowest BCUT2D eigenvalue weighted by Crippen LogP contribution is -2.32. The van der Waals surface area contributed by atoms with Crippen LogP contribution in [-0.4, -0.2) is 45.6 Å². The van der Waals surface area contributed by atoms with Crippen molar-refractivity contribution in [1.29, 1.82) is 0 Å². The fourth-order valence-corrected chi connectivity index (χ4v) is 3.58. The molecule has 2 aromatic rings. The molecule has 0 spiro atoms. The fraction of sp³-hybridized carbons (Fsp3) is 0.444. The van der Waals surface area contributed by atoms with Gasteiger partial charge in [0.05, 0.1) is 24.2 Å². The SMILES string of the molecule is O=C(CSc1nc(CO)cn1Cc1ccc(F)cc1)NC[C@H]1CCCO1. The van der Waals surface area contributed by atoms with Gasteiger partial charge in [0.15, 0.2) is 5.16 Å². The molecule has 2 N–H and O–H groups in total. The Kier molecular flexibility index (Phi) is 6.65. The largest absolute Gasteiger partial charge is 0.390 e. The highest BCUT2D eigenvalue weighted by atomic mass is 32.2. The quantitative estimate of drug-likeness (QED) is 0.686. The number of aromatic nitrogens is 2. The summed E-state index contributed by atoms with van der Waals surface area (Å²) in [5.41, 5.74) is 1.45.